The van der Waals surface area contributed by atoms with Crippen LogP contribution in [0, 0.1) is 0 Å². The van der Waals surface area contributed by atoms with Crippen molar-refractivity contribution in [2.75, 3.05) is 0 Å². The molecule has 0 unspecified atom stereocenters. The van der Waals surface area contributed by atoms with E-state index in [4.69, 9.17) is 4.42 Å². The Morgan fingerprint density at radius 3 is 1.67 bits per heavy atom. The Morgan fingerprint density at radius 2 is 0.956 bits per heavy atom. The minimum absolute atomic E-state index is 0.892. The van der Waals surface area contributed by atoms with Crippen molar-refractivity contribution in [3.63, 3.8) is 0 Å². The van der Waals surface area contributed by atoms with Gasteiger partial charge >= 0.3 is 0 Å². The summed E-state index contributed by atoms with van der Waals surface area (Å²) >= 11 is 0. The van der Waals surface area contributed by atoms with Crippen LogP contribution >= 0.6 is 0 Å². The van der Waals surface area contributed by atoms with E-state index < -0.39 is 0 Å². The molecule has 0 saturated heterocycles. The fourth-order valence-electron chi connectivity index (χ4n) is 7.39. The molecule has 210 valence electrons. The molecule has 3 heterocycles. The molecule has 7 aromatic carbocycles. The maximum atomic E-state index is 6.47. The fourth-order valence-corrected chi connectivity index (χ4v) is 7.39. The number of fused-ring (bicyclic) bond motifs is 9. The van der Waals surface area contributed by atoms with Crippen molar-refractivity contribution < 1.29 is 4.42 Å². The number of nitrogens with zero attached hydrogens (tertiary/aromatic N) is 2. The van der Waals surface area contributed by atoms with Gasteiger partial charge in [-0.05, 0) is 77.9 Å². The van der Waals surface area contributed by atoms with Crippen LogP contribution in [0.3, 0.4) is 0 Å². The van der Waals surface area contributed by atoms with E-state index in [2.05, 4.69) is 167 Å². The molecule has 0 bridgehead atoms. The molecule has 3 heteroatoms. The summed E-state index contributed by atoms with van der Waals surface area (Å²) in [6.45, 7) is 0. The summed E-state index contributed by atoms with van der Waals surface area (Å²) in [6.07, 6.45) is 0. The summed E-state index contributed by atoms with van der Waals surface area (Å²) < 4.78 is 11.2. The van der Waals surface area contributed by atoms with Crippen LogP contribution in [0.5, 0.6) is 0 Å². The van der Waals surface area contributed by atoms with Gasteiger partial charge in [-0.15, -0.1) is 0 Å². The van der Waals surface area contributed by atoms with Gasteiger partial charge in [-0.2, -0.15) is 0 Å². The molecule has 0 spiro atoms. The van der Waals surface area contributed by atoms with E-state index in [1.54, 1.807) is 0 Å². The van der Waals surface area contributed by atoms with Crippen molar-refractivity contribution in [2.24, 2.45) is 0 Å². The SMILES string of the molecule is c1ccc(-n2c3ccccc3c3cc(-c4cccc5oc6ccc(-n7c8ccccc8c8ccccc87)cc6c45)ccc32)cc1. The van der Waals surface area contributed by atoms with Crippen LogP contribution < -0.4 is 0 Å². The van der Waals surface area contributed by atoms with E-state index >= 15 is 0 Å². The Morgan fingerprint density at radius 1 is 0.356 bits per heavy atom. The van der Waals surface area contributed by atoms with Gasteiger partial charge in [0.25, 0.3) is 0 Å². The fraction of sp³-hybridized carbons (Fsp3) is 0. The van der Waals surface area contributed by atoms with Crippen molar-refractivity contribution >= 4 is 65.6 Å². The zero-order valence-corrected chi connectivity index (χ0v) is 24.3. The normalized spacial score (nSPS) is 12.0. The van der Waals surface area contributed by atoms with E-state index in [0.717, 1.165) is 33.3 Å². The third kappa shape index (κ3) is 3.46. The molecular formula is C42H26N2O. The van der Waals surface area contributed by atoms with E-state index in [1.165, 1.54) is 54.7 Å². The Bertz CT molecular complexity index is 2710. The Kier molecular flexibility index (Phi) is 5.00. The molecule has 0 fully saturated rings. The van der Waals surface area contributed by atoms with Crippen molar-refractivity contribution in [3.8, 4) is 22.5 Å². The van der Waals surface area contributed by atoms with E-state index in [1.807, 2.05) is 0 Å². The molecule has 3 nitrogen and oxygen atoms in total. The van der Waals surface area contributed by atoms with Gasteiger partial charge in [0.1, 0.15) is 11.2 Å². The van der Waals surface area contributed by atoms with Crippen LogP contribution in [0.1, 0.15) is 0 Å². The Labute approximate surface area is 258 Å². The molecule has 45 heavy (non-hydrogen) atoms. The lowest BCUT2D eigenvalue weighted by Gasteiger charge is -2.09. The smallest absolute Gasteiger partial charge is 0.136 e. The van der Waals surface area contributed by atoms with Gasteiger partial charge in [0.15, 0.2) is 0 Å². The highest BCUT2D eigenvalue weighted by atomic mass is 16.3. The van der Waals surface area contributed by atoms with Crippen molar-refractivity contribution in [2.45, 2.75) is 0 Å². The number of aromatic nitrogens is 2. The molecule has 0 aliphatic heterocycles. The van der Waals surface area contributed by atoms with E-state index in [-0.39, 0.29) is 0 Å². The summed E-state index contributed by atoms with van der Waals surface area (Å²) in [4.78, 5) is 0. The predicted octanol–water partition coefficient (Wildman–Crippen LogP) is 11.4. The monoisotopic (exact) mass is 574 g/mol. The minimum Gasteiger partial charge on any atom is -0.456 e. The van der Waals surface area contributed by atoms with E-state index in [9.17, 15) is 0 Å². The quantitative estimate of drug-likeness (QED) is 0.206. The number of rotatable bonds is 3. The highest BCUT2D eigenvalue weighted by molar-refractivity contribution is 6.16. The second-order valence-corrected chi connectivity index (χ2v) is 11.8. The highest BCUT2D eigenvalue weighted by Crippen LogP contribution is 2.41. The second kappa shape index (κ2) is 9.22. The standard InChI is InChI=1S/C42H26N2O/c1-2-11-28(12-3-1)43-38-19-9-6-15-33(38)34-25-27(21-23-39(34)43)30-16-10-20-41-42(30)35-26-29(22-24-40(35)45-41)44-36-17-7-4-13-31(36)32-14-5-8-18-37(32)44/h1-26H. The molecule has 10 rings (SSSR count). The molecule has 0 saturated carbocycles. The van der Waals surface area contributed by atoms with Crippen LogP contribution in [0.2, 0.25) is 0 Å². The van der Waals surface area contributed by atoms with Crippen molar-refractivity contribution in [1.82, 2.24) is 9.13 Å². The number of hydrogen-bond acceptors (Lipinski definition) is 1. The molecule has 10 aromatic rings. The summed E-state index contributed by atoms with van der Waals surface area (Å²) in [5.41, 5.74) is 11.2. The number of para-hydroxylation sites is 4. The van der Waals surface area contributed by atoms with Crippen LogP contribution in [-0.4, -0.2) is 9.13 Å². The first-order valence-corrected chi connectivity index (χ1v) is 15.4. The first-order valence-electron chi connectivity index (χ1n) is 15.4. The van der Waals surface area contributed by atoms with Gasteiger partial charge in [0.2, 0.25) is 0 Å². The third-order valence-corrected chi connectivity index (χ3v) is 9.31. The van der Waals surface area contributed by atoms with E-state index in [0.29, 0.717) is 0 Å². The average Bonchev–Trinajstić information content (AvgIpc) is 3.76. The van der Waals surface area contributed by atoms with Crippen LogP contribution in [-0.2, 0) is 0 Å². The van der Waals surface area contributed by atoms with Crippen molar-refractivity contribution in [1.29, 1.82) is 0 Å². The zero-order valence-electron chi connectivity index (χ0n) is 24.3. The molecule has 0 aliphatic rings. The van der Waals surface area contributed by atoms with Crippen LogP contribution in [0.15, 0.2) is 162 Å². The van der Waals surface area contributed by atoms with Crippen LogP contribution in [0.4, 0.5) is 0 Å². The molecule has 0 N–H and O–H groups in total. The Hall–Kier alpha value is -6.06. The maximum Gasteiger partial charge on any atom is 0.136 e. The third-order valence-electron chi connectivity index (χ3n) is 9.31. The molecule has 0 aliphatic carbocycles. The molecule has 0 amide bonds. The first kappa shape index (κ1) is 24.4. The maximum absolute atomic E-state index is 6.47. The second-order valence-electron chi connectivity index (χ2n) is 11.8. The zero-order chi connectivity index (χ0) is 29.5. The summed E-state index contributed by atoms with van der Waals surface area (Å²) in [5, 5.41) is 7.26. The topological polar surface area (TPSA) is 23.0 Å². The predicted molar refractivity (Wildman–Crippen MR) is 188 cm³/mol. The highest BCUT2D eigenvalue weighted by Gasteiger charge is 2.18. The Balaban J connectivity index is 1.23. The molecule has 3 aromatic heterocycles. The average molecular weight is 575 g/mol. The summed E-state index contributed by atoms with van der Waals surface area (Å²) in [6, 6.07) is 56.5. The van der Waals surface area contributed by atoms with Gasteiger partial charge in [-0.1, -0.05) is 91.0 Å². The minimum atomic E-state index is 0.892. The lowest BCUT2D eigenvalue weighted by Crippen LogP contribution is -1.93. The largest absolute Gasteiger partial charge is 0.456 e. The first-order chi connectivity index (χ1) is 22.3. The lowest BCUT2D eigenvalue weighted by atomic mass is 9.97. The number of hydrogen-bond donors (Lipinski definition) is 0. The van der Waals surface area contributed by atoms with Gasteiger partial charge in [0, 0.05) is 43.7 Å². The molecule has 0 atom stereocenters. The number of benzene rings is 7. The molecule has 0 radical (unpaired) electrons. The van der Waals surface area contributed by atoms with Gasteiger partial charge in [-0.25, -0.2) is 0 Å². The molecular weight excluding hydrogens is 548 g/mol. The van der Waals surface area contributed by atoms with Gasteiger partial charge < -0.3 is 13.6 Å². The van der Waals surface area contributed by atoms with Gasteiger partial charge in [-0.3, -0.25) is 0 Å². The lowest BCUT2D eigenvalue weighted by molar-refractivity contribution is 0.669. The van der Waals surface area contributed by atoms with Crippen molar-refractivity contribution in [3.05, 3.63) is 158 Å². The number of furan rings is 1. The summed E-state index contributed by atoms with van der Waals surface area (Å²) in [5.74, 6) is 0. The summed E-state index contributed by atoms with van der Waals surface area (Å²) in [7, 11) is 0. The van der Waals surface area contributed by atoms with Gasteiger partial charge in [0.05, 0.1) is 22.1 Å². The van der Waals surface area contributed by atoms with Crippen LogP contribution in [0.25, 0.3) is 88.1 Å².